The van der Waals surface area contributed by atoms with E-state index in [1.807, 2.05) is 6.20 Å². The number of hydrogen-bond acceptors (Lipinski definition) is 3. The van der Waals surface area contributed by atoms with E-state index in [2.05, 4.69) is 206 Å². The fraction of sp³-hybridized carbons (Fsp3) is 0.0566. The number of anilines is 3. The van der Waals surface area contributed by atoms with Gasteiger partial charge in [-0.25, -0.2) is 0 Å². The van der Waals surface area contributed by atoms with Crippen molar-refractivity contribution in [2.75, 3.05) is 4.90 Å². The van der Waals surface area contributed by atoms with Gasteiger partial charge < -0.3 is 14.5 Å². The Morgan fingerprint density at radius 3 is 2.08 bits per heavy atom. The zero-order valence-corrected chi connectivity index (χ0v) is 35.1. The van der Waals surface area contributed by atoms with Crippen molar-refractivity contribution in [3.05, 3.63) is 199 Å². The molecule has 0 unspecified atom stereocenters. The molecule has 6 heteroatoms. The third-order valence-electron chi connectivity index (χ3n) is 11.7. The number of pyridine rings is 1. The van der Waals surface area contributed by atoms with E-state index in [0.717, 1.165) is 78.1 Å². The van der Waals surface area contributed by atoms with Gasteiger partial charge >= 0.3 is 21.1 Å². The van der Waals surface area contributed by atoms with Crippen LogP contribution >= 0.6 is 0 Å². The van der Waals surface area contributed by atoms with Crippen LogP contribution < -0.4 is 21.3 Å². The number of aromatic nitrogens is 3. The molecule has 0 amide bonds. The van der Waals surface area contributed by atoms with Gasteiger partial charge in [0.25, 0.3) is 0 Å². The summed E-state index contributed by atoms with van der Waals surface area (Å²) in [5.74, 6) is 0.867. The maximum Gasteiger partial charge on any atom is 2.00 e. The monoisotopic (exact) mass is 935 g/mol. The SMILES string of the molecule is Cc1cc(C)c(-n2c(-c3[c-]c4c(cc3)N(c3cccc5ccccc35)c3ccccc3B4c3[c-]c(-c4nccc5ccccc45)ccc3)nc3ccccc32)c(C)c1.[Pt+2]. The van der Waals surface area contributed by atoms with Gasteiger partial charge in [-0.15, -0.1) is 59.1 Å². The van der Waals surface area contributed by atoms with Crippen molar-refractivity contribution >= 4 is 72.7 Å². The molecule has 282 valence electrons. The maximum absolute atomic E-state index is 5.36. The molecule has 11 rings (SSSR count). The van der Waals surface area contributed by atoms with E-state index in [1.54, 1.807) is 0 Å². The third kappa shape index (κ3) is 6.03. The first-order valence-corrected chi connectivity index (χ1v) is 19.9. The van der Waals surface area contributed by atoms with Crippen molar-refractivity contribution in [3.8, 4) is 28.3 Å². The fourth-order valence-corrected chi connectivity index (χ4v) is 9.34. The van der Waals surface area contributed by atoms with Crippen LogP contribution in [-0.2, 0) is 21.1 Å². The Kier molecular flexibility index (Phi) is 9.15. The van der Waals surface area contributed by atoms with Crippen molar-refractivity contribution in [2.45, 2.75) is 20.8 Å². The molecule has 0 fully saturated rings. The molecular weight excluding hydrogens is 899 g/mol. The van der Waals surface area contributed by atoms with Crippen LogP contribution in [0.25, 0.3) is 60.9 Å². The molecule has 1 aliphatic heterocycles. The Morgan fingerprint density at radius 2 is 1.24 bits per heavy atom. The van der Waals surface area contributed by atoms with E-state index in [9.17, 15) is 0 Å². The van der Waals surface area contributed by atoms with Gasteiger partial charge in [0, 0.05) is 28.6 Å². The average Bonchev–Trinajstić information content (AvgIpc) is 3.64. The molecule has 2 aromatic heterocycles. The van der Waals surface area contributed by atoms with Gasteiger partial charge in [-0.2, -0.15) is 5.46 Å². The van der Waals surface area contributed by atoms with Crippen molar-refractivity contribution < 1.29 is 21.1 Å². The standard InChI is InChI=1S/C53H37BN4.Pt/c1-34-30-35(2)52(36(3)31-34)58-50-24-11-9-22-46(50)56-53(58)40-26-27-49-45(33-40)54(41-18-12-17-39(32-41)51-43-20-7-5-15-38(43)28-29-55-51)44-21-8-10-23-48(44)57(49)47-25-13-16-37-14-4-6-19-42(37)47;/h4-31H,1-3H3;/q-2;+2. The van der Waals surface area contributed by atoms with Crippen molar-refractivity contribution in [1.29, 1.82) is 0 Å². The van der Waals surface area contributed by atoms with Crippen LogP contribution in [0.4, 0.5) is 17.1 Å². The summed E-state index contributed by atoms with van der Waals surface area (Å²) < 4.78 is 2.34. The van der Waals surface area contributed by atoms with Gasteiger partial charge in [0.05, 0.1) is 16.9 Å². The fourth-order valence-electron chi connectivity index (χ4n) is 9.34. The number of imidazole rings is 1. The summed E-state index contributed by atoms with van der Waals surface area (Å²) >= 11 is 0. The molecule has 0 saturated carbocycles. The topological polar surface area (TPSA) is 34.0 Å². The van der Waals surface area contributed by atoms with Crippen LogP contribution in [0, 0.1) is 32.9 Å². The van der Waals surface area contributed by atoms with Gasteiger partial charge in [0.1, 0.15) is 0 Å². The Morgan fingerprint density at radius 1 is 0.559 bits per heavy atom. The number of hydrogen-bond donors (Lipinski definition) is 0. The number of benzene rings is 8. The van der Waals surface area contributed by atoms with Crippen LogP contribution in [0.3, 0.4) is 0 Å². The predicted octanol–water partition coefficient (Wildman–Crippen LogP) is 10.9. The van der Waals surface area contributed by atoms with E-state index in [0.29, 0.717) is 0 Å². The molecule has 3 heterocycles. The minimum Gasteiger partial charge on any atom is -0.352 e. The normalized spacial score (nSPS) is 12.1. The largest absolute Gasteiger partial charge is 2.00 e. The minimum atomic E-state index is -0.173. The second kappa shape index (κ2) is 14.7. The summed E-state index contributed by atoms with van der Waals surface area (Å²) in [4.78, 5) is 12.7. The molecule has 8 aromatic carbocycles. The molecule has 0 spiro atoms. The number of rotatable bonds is 5. The van der Waals surface area contributed by atoms with E-state index in [1.165, 1.54) is 32.9 Å². The summed E-state index contributed by atoms with van der Waals surface area (Å²) in [7, 11) is 0. The summed E-state index contributed by atoms with van der Waals surface area (Å²) in [6.45, 7) is 6.39. The molecule has 4 nitrogen and oxygen atoms in total. The van der Waals surface area contributed by atoms with Gasteiger partial charge in [0.15, 0.2) is 0 Å². The van der Waals surface area contributed by atoms with Crippen LogP contribution in [0.5, 0.6) is 0 Å². The molecule has 0 radical (unpaired) electrons. The van der Waals surface area contributed by atoms with Crippen LogP contribution in [0.2, 0.25) is 0 Å². The Bertz CT molecular complexity index is 3230. The second-order valence-corrected chi connectivity index (χ2v) is 15.4. The summed E-state index contributed by atoms with van der Waals surface area (Å²) in [6, 6.07) is 66.5. The zero-order valence-electron chi connectivity index (χ0n) is 32.8. The molecule has 1 aliphatic rings. The van der Waals surface area contributed by atoms with E-state index >= 15 is 0 Å². The molecule has 59 heavy (non-hydrogen) atoms. The quantitative estimate of drug-likeness (QED) is 0.127. The Labute approximate surface area is 359 Å². The predicted molar refractivity (Wildman–Crippen MR) is 242 cm³/mol. The van der Waals surface area contributed by atoms with Crippen LogP contribution in [0.15, 0.2) is 170 Å². The van der Waals surface area contributed by atoms with E-state index in [-0.39, 0.29) is 27.8 Å². The number of fused-ring (bicyclic) bond motifs is 5. The van der Waals surface area contributed by atoms with Gasteiger partial charge in [-0.05, 0) is 95.2 Å². The first kappa shape index (κ1) is 36.8. The molecule has 10 aromatic rings. The molecule has 0 saturated heterocycles. The molecule has 0 aliphatic carbocycles. The van der Waals surface area contributed by atoms with Crippen molar-refractivity contribution in [3.63, 3.8) is 0 Å². The Hall–Kier alpha value is -6.55. The molecule has 0 bridgehead atoms. The van der Waals surface area contributed by atoms with Gasteiger partial charge in [-0.3, -0.25) is 4.98 Å². The smallest absolute Gasteiger partial charge is 0.352 e. The summed E-state index contributed by atoms with van der Waals surface area (Å²) in [5, 5.41) is 4.66. The number of para-hydroxylation sites is 3. The first-order valence-electron chi connectivity index (χ1n) is 19.9. The molecule has 0 atom stereocenters. The van der Waals surface area contributed by atoms with E-state index < -0.39 is 0 Å². The third-order valence-corrected chi connectivity index (χ3v) is 11.7. The summed E-state index contributed by atoms with van der Waals surface area (Å²) in [5.41, 5.74) is 16.3. The average molecular weight is 936 g/mol. The molecule has 0 N–H and O–H groups in total. The number of aryl methyl sites for hydroxylation is 3. The van der Waals surface area contributed by atoms with Gasteiger partial charge in [-0.1, -0.05) is 109 Å². The van der Waals surface area contributed by atoms with Crippen LogP contribution in [-0.4, -0.2) is 21.2 Å². The number of nitrogens with zero attached hydrogens (tertiary/aromatic N) is 4. The maximum atomic E-state index is 5.36. The second-order valence-electron chi connectivity index (χ2n) is 15.4. The van der Waals surface area contributed by atoms with Crippen LogP contribution in [0.1, 0.15) is 16.7 Å². The first-order chi connectivity index (χ1) is 28.5. The Balaban J connectivity index is 0.00000420. The molecular formula is C53H37BN4Pt. The van der Waals surface area contributed by atoms with Gasteiger partial charge in [0.2, 0.25) is 6.71 Å². The van der Waals surface area contributed by atoms with Crippen molar-refractivity contribution in [2.24, 2.45) is 0 Å². The minimum absolute atomic E-state index is 0. The van der Waals surface area contributed by atoms with Crippen molar-refractivity contribution in [1.82, 2.24) is 14.5 Å². The van der Waals surface area contributed by atoms with E-state index in [4.69, 9.17) is 9.97 Å². The zero-order chi connectivity index (χ0) is 38.9. The summed E-state index contributed by atoms with van der Waals surface area (Å²) in [6.07, 6.45) is 1.90.